The first-order valence-electron chi connectivity index (χ1n) is 5.63. The predicted molar refractivity (Wildman–Crippen MR) is 57.0 cm³/mol. The smallest absolute Gasteiger partial charge is 0.0540 e. The first-order chi connectivity index (χ1) is 6.83. The number of unbranched alkanes of at least 4 members (excludes halogenated alkanes) is 1. The van der Waals surface area contributed by atoms with Crippen molar-refractivity contribution in [2.24, 2.45) is 5.73 Å². The number of aryl methyl sites for hydroxylation is 1. The third kappa shape index (κ3) is 1.69. The molecule has 1 aromatic heterocycles. The zero-order valence-electron chi connectivity index (χ0n) is 8.87. The van der Waals surface area contributed by atoms with Gasteiger partial charge in [0.1, 0.15) is 0 Å². The largest absolute Gasteiger partial charge is 0.324 e. The van der Waals surface area contributed by atoms with E-state index in [0.717, 1.165) is 19.4 Å². The van der Waals surface area contributed by atoms with Crippen molar-refractivity contribution in [1.82, 2.24) is 9.78 Å². The van der Waals surface area contributed by atoms with Crippen molar-refractivity contribution in [2.75, 3.05) is 0 Å². The van der Waals surface area contributed by atoms with Gasteiger partial charge in [-0.2, -0.15) is 5.10 Å². The number of nitrogens with zero attached hydrogens (tertiary/aromatic N) is 2. The summed E-state index contributed by atoms with van der Waals surface area (Å²) >= 11 is 0. The fourth-order valence-corrected chi connectivity index (χ4v) is 2.15. The lowest BCUT2D eigenvalue weighted by molar-refractivity contribution is 0.507. The molecule has 0 spiro atoms. The van der Waals surface area contributed by atoms with Crippen LogP contribution < -0.4 is 5.73 Å². The van der Waals surface area contributed by atoms with E-state index in [0.29, 0.717) is 0 Å². The van der Waals surface area contributed by atoms with Crippen LogP contribution in [-0.4, -0.2) is 9.78 Å². The lowest BCUT2D eigenvalue weighted by atomic mass is 9.94. The molecule has 1 unspecified atom stereocenters. The molecule has 0 aliphatic heterocycles. The second-order valence-corrected chi connectivity index (χ2v) is 4.12. The maximum absolute atomic E-state index is 6.04. The number of fused-ring (bicyclic) bond motifs is 1. The summed E-state index contributed by atoms with van der Waals surface area (Å²) in [4.78, 5) is 0. The average molecular weight is 193 g/mol. The minimum Gasteiger partial charge on any atom is -0.324 e. The molecule has 14 heavy (non-hydrogen) atoms. The monoisotopic (exact) mass is 193 g/mol. The summed E-state index contributed by atoms with van der Waals surface area (Å²) < 4.78 is 2.15. The van der Waals surface area contributed by atoms with E-state index in [1.807, 2.05) is 6.20 Å². The molecule has 0 amide bonds. The van der Waals surface area contributed by atoms with E-state index in [1.165, 1.54) is 30.5 Å². The van der Waals surface area contributed by atoms with Crippen LogP contribution in [-0.2, 0) is 13.0 Å². The quantitative estimate of drug-likeness (QED) is 0.798. The van der Waals surface area contributed by atoms with E-state index >= 15 is 0 Å². The zero-order chi connectivity index (χ0) is 9.97. The average Bonchev–Trinajstić information content (AvgIpc) is 2.60. The Morgan fingerprint density at radius 2 is 2.50 bits per heavy atom. The molecule has 3 heteroatoms. The molecule has 3 nitrogen and oxygen atoms in total. The van der Waals surface area contributed by atoms with Crippen molar-refractivity contribution in [3.63, 3.8) is 0 Å². The Morgan fingerprint density at radius 3 is 3.29 bits per heavy atom. The van der Waals surface area contributed by atoms with Crippen LogP contribution in [0.25, 0.3) is 0 Å². The Morgan fingerprint density at radius 1 is 1.64 bits per heavy atom. The highest BCUT2D eigenvalue weighted by molar-refractivity contribution is 5.24. The number of hydrogen-bond donors (Lipinski definition) is 1. The lowest BCUT2D eigenvalue weighted by Crippen LogP contribution is -2.18. The summed E-state index contributed by atoms with van der Waals surface area (Å²) in [5.41, 5.74) is 8.71. The Kier molecular flexibility index (Phi) is 2.87. The summed E-state index contributed by atoms with van der Waals surface area (Å²) in [6, 6.07) is 0.231. The lowest BCUT2D eigenvalue weighted by Gasteiger charge is -2.19. The van der Waals surface area contributed by atoms with E-state index in [9.17, 15) is 0 Å². The Bertz CT molecular complexity index is 303. The standard InChI is InChI=1S/C11H19N3/c1-2-3-7-14-11-6-4-5-10(12)9(11)8-13-14/h8,10H,2-7,12H2,1H3. The van der Waals surface area contributed by atoms with Gasteiger partial charge in [0.05, 0.1) is 6.20 Å². The summed E-state index contributed by atoms with van der Waals surface area (Å²) in [6.45, 7) is 3.26. The first kappa shape index (κ1) is 9.71. The molecule has 1 aromatic rings. The van der Waals surface area contributed by atoms with Gasteiger partial charge in [0.2, 0.25) is 0 Å². The minimum absolute atomic E-state index is 0.231. The van der Waals surface area contributed by atoms with E-state index in [4.69, 9.17) is 5.73 Å². The maximum atomic E-state index is 6.04. The van der Waals surface area contributed by atoms with Crippen LogP contribution >= 0.6 is 0 Å². The van der Waals surface area contributed by atoms with Gasteiger partial charge < -0.3 is 5.73 Å². The third-order valence-electron chi connectivity index (χ3n) is 3.03. The molecule has 2 N–H and O–H groups in total. The van der Waals surface area contributed by atoms with Gasteiger partial charge in [-0.05, 0) is 25.7 Å². The van der Waals surface area contributed by atoms with E-state index in [-0.39, 0.29) is 6.04 Å². The van der Waals surface area contributed by atoms with Crippen molar-refractivity contribution in [3.05, 3.63) is 17.5 Å². The molecule has 0 fully saturated rings. The van der Waals surface area contributed by atoms with Crippen molar-refractivity contribution < 1.29 is 0 Å². The van der Waals surface area contributed by atoms with Crippen LogP contribution in [0.5, 0.6) is 0 Å². The molecule has 0 radical (unpaired) electrons. The van der Waals surface area contributed by atoms with E-state index < -0.39 is 0 Å². The predicted octanol–water partition coefficient (Wildman–Crippen LogP) is 2.02. The fourth-order valence-electron chi connectivity index (χ4n) is 2.15. The Balaban J connectivity index is 2.18. The van der Waals surface area contributed by atoms with Gasteiger partial charge in [-0.25, -0.2) is 0 Å². The molecule has 78 valence electrons. The minimum atomic E-state index is 0.231. The van der Waals surface area contributed by atoms with Gasteiger partial charge in [-0.1, -0.05) is 13.3 Å². The highest BCUT2D eigenvalue weighted by Gasteiger charge is 2.20. The SMILES string of the molecule is CCCCn1ncc2c1CCCC2N. The zero-order valence-corrected chi connectivity index (χ0v) is 8.87. The van der Waals surface area contributed by atoms with Crippen molar-refractivity contribution in [3.8, 4) is 0 Å². The van der Waals surface area contributed by atoms with Crippen molar-refractivity contribution in [2.45, 2.75) is 51.6 Å². The fraction of sp³-hybridized carbons (Fsp3) is 0.727. The van der Waals surface area contributed by atoms with Crippen LogP contribution in [0, 0.1) is 0 Å². The molecule has 0 saturated carbocycles. The van der Waals surface area contributed by atoms with Crippen molar-refractivity contribution in [1.29, 1.82) is 0 Å². The molecule has 2 rings (SSSR count). The summed E-state index contributed by atoms with van der Waals surface area (Å²) in [5, 5.41) is 4.42. The topological polar surface area (TPSA) is 43.8 Å². The second-order valence-electron chi connectivity index (χ2n) is 4.12. The molecule has 1 aliphatic carbocycles. The Labute approximate surface area is 85.3 Å². The molecule has 1 atom stereocenters. The molecule has 0 saturated heterocycles. The number of aromatic nitrogens is 2. The van der Waals surface area contributed by atoms with Crippen LogP contribution in [0.2, 0.25) is 0 Å². The number of hydrogen-bond acceptors (Lipinski definition) is 2. The van der Waals surface area contributed by atoms with E-state index in [2.05, 4.69) is 16.7 Å². The van der Waals surface area contributed by atoms with Crippen LogP contribution in [0.15, 0.2) is 6.20 Å². The number of rotatable bonds is 3. The molecule has 0 bridgehead atoms. The van der Waals surface area contributed by atoms with Gasteiger partial charge in [0.15, 0.2) is 0 Å². The first-order valence-corrected chi connectivity index (χ1v) is 5.63. The van der Waals surface area contributed by atoms with Gasteiger partial charge in [0.25, 0.3) is 0 Å². The normalized spacial score (nSPS) is 20.9. The molecule has 0 aromatic carbocycles. The van der Waals surface area contributed by atoms with Gasteiger partial charge in [-0.15, -0.1) is 0 Å². The molecule has 1 aliphatic rings. The van der Waals surface area contributed by atoms with Gasteiger partial charge in [0, 0.05) is 23.8 Å². The highest BCUT2D eigenvalue weighted by atomic mass is 15.3. The van der Waals surface area contributed by atoms with Crippen LogP contribution in [0.3, 0.4) is 0 Å². The highest BCUT2D eigenvalue weighted by Crippen LogP contribution is 2.27. The summed E-state index contributed by atoms with van der Waals surface area (Å²) in [6.07, 6.45) is 7.89. The van der Waals surface area contributed by atoms with Crippen molar-refractivity contribution >= 4 is 0 Å². The maximum Gasteiger partial charge on any atom is 0.0540 e. The molecular formula is C11H19N3. The summed E-state index contributed by atoms with van der Waals surface area (Å²) in [7, 11) is 0. The van der Waals surface area contributed by atoms with Crippen LogP contribution in [0.1, 0.15) is 49.9 Å². The van der Waals surface area contributed by atoms with E-state index in [1.54, 1.807) is 0 Å². The number of nitrogens with two attached hydrogens (primary N) is 1. The molecule has 1 heterocycles. The van der Waals surface area contributed by atoms with Gasteiger partial charge >= 0.3 is 0 Å². The Hall–Kier alpha value is -0.830. The second kappa shape index (κ2) is 4.13. The third-order valence-corrected chi connectivity index (χ3v) is 3.03. The molecular weight excluding hydrogens is 174 g/mol. The summed E-state index contributed by atoms with van der Waals surface area (Å²) in [5.74, 6) is 0. The van der Waals surface area contributed by atoms with Gasteiger partial charge in [-0.3, -0.25) is 4.68 Å². The van der Waals surface area contributed by atoms with Crippen LogP contribution in [0.4, 0.5) is 0 Å².